The van der Waals surface area contributed by atoms with E-state index in [-0.39, 0.29) is 0 Å². The number of allylic oxidation sites excluding steroid dienone is 3. The van der Waals surface area contributed by atoms with Crippen molar-refractivity contribution in [1.82, 2.24) is 9.97 Å². The molecule has 3 heteroatoms. The molecule has 0 saturated carbocycles. The Bertz CT molecular complexity index is 740. The second kappa shape index (κ2) is 4.05. The molecule has 2 aliphatic rings. The van der Waals surface area contributed by atoms with E-state index in [2.05, 4.69) is 45.5 Å². The molecule has 0 amide bonds. The minimum absolute atomic E-state index is 0.793. The van der Waals surface area contributed by atoms with Gasteiger partial charge in [-0.05, 0) is 29.7 Å². The summed E-state index contributed by atoms with van der Waals surface area (Å²) in [5.74, 6) is 0.793. The monoisotopic (exact) mass is 246 g/mol. The van der Waals surface area contributed by atoms with Crippen LogP contribution in [0.3, 0.4) is 0 Å². The average molecular weight is 246 g/mol. The number of anilines is 1. The van der Waals surface area contributed by atoms with Crippen molar-refractivity contribution < 1.29 is 0 Å². The Balaban J connectivity index is 1.74. The molecule has 1 radical (unpaired) electrons. The highest BCUT2D eigenvalue weighted by atomic mass is 15.2. The fourth-order valence-electron chi connectivity index (χ4n) is 2.49. The first-order valence-corrected chi connectivity index (χ1v) is 6.38. The maximum atomic E-state index is 4.63. The smallest absolute Gasteiger partial charge is 0.162 e. The topological polar surface area (TPSA) is 29.0 Å². The summed E-state index contributed by atoms with van der Waals surface area (Å²) in [4.78, 5) is 11.1. The zero-order chi connectivity index (χ0) is 12.7. The first kappa shape index (κ1) is 10.5. The van der Waals surface area contributed by atoms with Gasteiger partial charge < -0.3 is 4.90 Å². The second-order valence-electron chi connectivity index (χ2n) is 4.75. The highest BCUT2D eigenvalue weighted by Crippen LogP contribution is 2.29. The molecular weight excluding hydrogens is 234 g/mol. The number of rotatable bonds is 1. The lowest BCUT2D eigenvalue weighted by molar-refractivity contribution is 1.04. The maximum absolute atomic E-state index is 4.63. The van der Waals surface area contributed by atoms with Gasteiger partial charge in [0.2, 0.25) is 0 Å². The van der Waals surface area contributed by atoms with E-state index in [4.69, 9.17) is 0 Å². The van der Waals surface area contributed by atoms with Crippen LogP contribution in [0.25, 0.3) is 11.0 Å². The molecule has 2 aromatic rings. The van der Waals surface area contributed by atoms with Crippen molar-refractivity contribution in [2.75, 3.05) is 11.4 Å². The van der Waals surface area contributed by atoms with Crippen molar-refractivity contribution in [3.8, 4) is 0 Å². The molecule has 1 aliphatic heterocycles. The number of hydrogen-bond acceptors (Lipinski definition) is 3. The van der Waals surface area contributed by atoms with Crippen molar-refractivity contribution in [3.05, 3.63) is 66.0 Å². The van der Waals surface area contributed by atoms with Gasteiger partial charge in [0.25, 0.3) is 0 Å². The molecule has 1 aromatic carbocycles. The quantitative estimate of drug-likeness (QED) is 0.774. The summed E-state index contributed by atoms with van der Waals surface area (Å²) in [5.41, 5.74) is 4.53. The molecule has 0 atom stereocenters. The average Bonchev–Trinajstić information content (AvgIpc) is 2.90. The van der Waals surface area contributed by atoms with Crippen LogP contribution in [0.5, 0.6) is 0 Å². The van der Waals surface area contributed by atoms with Gasteiger partial charge in [-0.15, -0.1) is 0 Å². The third-order valence-electron chi connectivity index (χ3n) is 3.49. The zero-order valence-electron chi connectivity index (χ0n) is 10.4. The number of para-hydroxylation sites is 2. The molecule has 0 N–H and O–H groups in total. The number of aromatic nitrogens is 2. The van der Waals surface area contributed by atoms with Gasteiger partial charge in [0.1, 0.15) is 6.20 Å². The van der Waals surface area contributed by atoms with Gasteiger partial charge in [0.05, 0.1) is 11.0 Å². The van der Waals surface area contributed by atoms with Crippen LogP contribution in [0.15, 0.2) is 59.8 Å². The van der Waals surface area contributed by atoms with Crippen LogP contribution in [0.2, 0.25) is 0 Å². The summed E-state index contributed by atoms with van der Waals surface area (Å²) in [6.45, 7) is 0.864. The van der Waals surface area contributed by atoms with E-state index in [9.17, 15) is 0 Å². The molecule has 3 nitrogen and oxygen atoms in total. The Hall–Kier alpha value is -2.42. The Morgan fingerprint density at radius 1 is 1.11 bits per heavy atom. The van der Waals surface area contributed by atoms with Gasteiger partial charge in [-0.1, -0.05) is 30.4 Å². The van der Waals surface area contributed by atoms with E-state index in [1.165, 1.54) is 11.1 Å². The van der Waals surface area contributed by atoms with E-state index in [0.29, 0.717) is 0 Å². The molecule has 2 heterocycles. The minimum atomic E-state index is 0.793. The number of fused-ring (bicyclic) bond motifs is 2. The third-order valence-corrected chi connectivity index (χ3v) is 3.49. The SMILES string of the molecule is [c]1nc2ccccc2nc1N1C=C2CC=CC=C2C1. The number of nitrogens with zero attached hydrogens (tertiary/aromatic N) is 3. The third kappa shape index (κ3) is 1.74. The predicted octanol–water partition coefficient (Wildman–Crippen LogP) is 3.02. The highest BCUT2D eigenvalue weighted by molar-refractivity contribution is 5.75. The number of hydrogen-bond donors (Lipinski definition) is 0. The van der Waals surface area contributed by atoms with E-state index in [0.717, 1.165) is 29.8 Å². The lowest BCUT2D eigenvalue weighted by Gasteiger charge is -2.13. The van der Waals surface area contributed by atoms with E-state index < -0.39 is 0 Å². The summed E-state index contributed by atoms with van der Waals surface area (Å²) in [6.07, 6.45) is 12.7. The van der Waals surface area contributed by atoms with Crippen molar-refractivity contribution in [2.45, 2.75) is 6.42 Å². The van der Waals surface area contributed by atoms with Crippen molar-refractivity contribution in [1.29, 1.82) is 0 Å². The molecule has 4 rings (SSSR count). The van der Waals surface area contributed by atoms with Gasteiger partial charge in [-0.3, -0.25) is 0 Å². The first-order valence-electron chi connectivity index (χ1n) is 6.38. The van der Waals surface area contributed by atoms with Crippen LogP contribution in [0, 0.1) is 6.20 Å². The van der Waals surface area contributed by atoms with Crippen molar-refractivity contribution in [2.24, 2.45) is 0 Å². The van der Waals surface area contributed by atoms with Gasteiger partial charge in [0, 0.05) is 12.7 Å². The van der Waals surface area contributed by atoms with Crippen LogP contribution in [0.1, 0.15) is 6.42 Å². The number of benzene rings is 1. The Morgan fingerprint density at radius 2 is 2.00 bits per heavy atom. The van der Waals surface area contributed by atoms with Crippen LogP contribution in [0.4, 0.5) is 5.82 Å². The maximum Gasteiger partial charge on any atom is 0.162 e. The van der Waals surface area contributed by atoms with Crippen LogP contribution >= 0.6 is 0 Å². The molecule has 0 spiro atoms. The standard InChI is InChI=1S/C16H12N3/c1-2-6-13-11-19(10-12(13)5-1)16-9-17-14-7-3-4-8-15(14)18-16/h1-5,7-8,11H,6,10H2. The molecule has 19 heavy (non-hydrogen) atoms. The summed E-state index contributed by atoms with van der Waals surface area (Å²) in [7, 11) is 0. The van der Waals surface area contributed by atoms with Gasteiger partial charge in [-0.2, -0.15) is 0 Å². The Kier molecular flexibility index (Phi) is 2.24. The summed E-state index contributed by atoms with van der Waals surface area (Å²) in [5, 5.41) is 0. The van der Waals surface area contributed by atoms with Crippen molar-refractivity contribution >= 4 is 16.9 Å². The van der Waals surface area contributed by atoms with Gasteiger partial charge in [-0.25, -0.2) is 9.97 Å². The Morgan fingerprint density at radius 3 is 2.89 bits per heavy atom. The molecule has 0 saturated heterocycles. The molecule has 91 valence electrons. The molecular formula is C16H12N3. The summed E-state index contributed by atoms with van der Waals surface area (Å²) in [6, 6.07) is 7.89. The minimum Gasteiger partial charge on any atom is -0.326 e. The largest absolute Gasteiger partial charge is 0.326 e. The normalized spacial score (nSPS) is 17.4. The summed E-state index contributed by atoms with van der Waals surface area (Å²) < 4.78 is 0. The fourth-order valence-corrected chi connectivity index (χ4v) is 2.49. The van der Waals surface area contributed by atoms with E-state index >= 15 is 0 Å². The zero-order valence-corrected chi connectivity index (χ0v) is 10.4. The highest BCUT2D eigenvalue weighted by Gasteiger charge is 2.20. The van der Waals surface area contributed by atoms with Crippen LogP contribution < -0.4 is 4.90 Å². The molecule has 0 unspecified atom stereocenters. The first-order chi connectivity index (χ1) is 9.40. The predicted molar refractivity (Wildman–Crippen MR) is 75.6 cm³/mol. The van der Waals surface area contributed by atoms with Gasteiger partial charge >= 0.3 is 0 Å². The molecule has 1 aromatic heterocycles. The second-order valence-corrected chi connectivity index (χ2v) is 4.75. The van der Waals surface area contributed by atoms with E-state index in [1.807, 2.05) is 24.3 Å². The lowest BCUT2D eigenvalue weighted by atomic mass is 10.0. The fraction of sp³-hybridized carbons (Fsp3) is 0.125. The molecule has 1 aliphatic carbocycles. The van der Waals surface area contributed by atoms with Crippen LogP contribution in [-0.2, 0) is 0 Å². The molecule has 0 fully saturated rings. The summed E-state index contributed by atoms with van der Waals surface area (Å²) >= 11 is 0. The van der Waals surface area contributed by atoms with Crippen LogP contribution in [-0.4, -0.2) is 16.5 Å². The molecule has 0 bridgehead atoms. The van der Waals surface area contributed by atoms with Crippen molar-refractivity contribution in [3.63, 3.8) is 0 Å². The Labute approximate surface area is 111 Å². The van der Waals surface area contributed by atoms with Gasteiger partial charge in [0.15, 0.2) is 5.82 Å². The lowest BCUT2D eigenvalue weighted by Crippen LogP contribution is -2.15. The van der Waals surface area contributed by atoms with E-state index in [1.54, 1.807) is 0 Å².